The van der Waals surface area contributed by atoms with Crippen molar-refractivity contribution in [2.45, 2.75) is 13.5 Å². The SMILES string of the molecule is COc1c(C)cccc1C(=O)NC(=S)Nc1ccc(-c2ccc(CO)o2)cc1. The zero-order valence-corrected chi connectivity index (χ0v) is 16.3. The van der Waals surface area contributed by atoms with Gasteiger partial charge in [-0.3, -0.25) is 10.1 Å². The smallest absolute Gasteiger partial charge is 0.261 e. The summed E-state index contributed by atoms with van der Waals surface area (Å²) in [6.07, 6.45) is 0. The summed E-state index contributed by atoms with van der Waals surface area (Å²) in [5.74, 6) is 1.35. The van der Waals surface area contributed by atoms with Crippen molar-refractivity contribution in [1.82, 2.24) is 5.32 Å². The van der Waals surface area contributed by atoms with Gasteiger partial charge in [0.25, 0.3) is 5.91 Å². The number of benzene rings is 2. The zero-order chi connectivity index (χ0) is 20.1. The van der Waals surface area contributed by atoms with E-state index in [9.17, 15) is 4.79 Å². The first-order chi connectivity index (χ1) is 13.5. The second-order valence-corrected chi connectivity index (χ2v) is 6.47. The van der Waals surface area contributed by atoms with Gasteiger partial charge in [-0.2, -0.15) is 0 Å². The Balaban J connectivity index is 1.65. The van der Waals surface area contributed by atoms with E-state index in [1.807, 2.05) is 37.3 Å². The van der Waals surface area contributed by atoms with E-state index in [0.29, 0.717) is 22.8 Å². The fraction of sp³-hybridized carbons (Fsp3) is 0.143. The first kappa shape index (κ1) is 19.6. The van der Waals surface area contributed by atoms with E-state index in [1.165, 1.54) is 7.11 Å². The summed E-state index contributed by atoms with van der Waals surface area (Å²) in [6, 6.07) is 16.2. The molecule has 0 saturated heterocycles. The highest BCUT2D eigenvalue weighted by molar-refractivity contribution is 7.80. The molecule has 28 heavy (non-hydrogen) atoms. The molecule has 3 N–H and O–H groups in total. The summed E-state index contributed by atoms with van der Waals surface area (Å²) in [4.78, 5) is 12.5. The summed E-state index contributed by atoms with van der Waals surface area (Å²) in [6.45, 7) is 1.73. The van der Waals surface area contributed by atoms with Crippen LogP contribution < -0.4 is 15.4 Å². The maximum Gasteiger partial charge on any atom is 0.261 e. The first-order valence-corrected chi connectivity index (χ1v) is 8.98. The van der Waals surface area contributed by atoms with Gasteiger partial charge in [0.15, 0.2) is 5.11 Å². The van der Waals surface area contributed by atoms with E-state index in [1.54, 1.807) is 24.3 Å². The average Bonchev–Trinajstić information content (AvgIpc) is 3.17. The maximum absolute atomic E-state index is 12.5. The highest BCUT2D eigenvalue weighted by Gasteiger charge is 2.15. The van der Waals surface area contributed by atoms with Crippen LogP contribution in [0.3, 0.4) is 0 Å². The lowest BCUT2D eigenvalue weighted by atomic mass is 10.1. The van der Waals surface area contributed by atoms with Gasteiger partial charge in [-0.1, -0.05) is 12.1 Å². The molecular weight excluding hydrogens is 376 g/mol. The minimum atomic E-state index is -0.346. The van der Waals surface area contributed by atoms with Gasteiger partial charge < -0.3 is 19.6 Å². The summed E-state index contributed by atoms with van der Waals surface area (Å²) in [7, 11) is 1.53. The van der Waals surface area contributed by atoms with Crippen molar-refractivity contribution < 1.29 is 19.1 Å². The number of ether oxygens (including phenoxy) is 1. The third-order valence-electron chi connectivity index (χ3n) is 4.13. The number of furan rings is 1. The standard InChI is InChI=1S/C21H20N2O4S/c1-13-4-3-5-17(19(13)26-2)20(25)23-21(28)22-15-8-6-14(7-9-15)18-11-10-16(12-24)27-18/h3-11,24H,12H2,1-2H3,(H2,22,23,25,28). The number of aliphatic hydroxyl groups is 1. The quantitative estimate of drug-likeness (QED) is 0.568. The second kappa shape index (κ2) is 8.69. The average molecular weight is 396 g/mol. The van der Waals surface area contributed by atoms with Gasteiger partial charge in [-0.05, 0) is 67.2 Å². The molecule has 144 valence electrons. The first-order valence-electron chi connectivity index (χ1n) is 8.57. The predicted molar refractivity (Wildman–Crippen MR) is 111 cm³/mol. The van der Waals surface area contributed by atoms with Crippen LogP contribution in [0.15, 0.2) is 59.0 Å². The molecule has 0 aliphatic carbocycles. The zero-order valence-electron chi connectivity index (χ0n) is 15.5. The molecule has 2 aromatic carbocycles. The van der Waals surface area contributed by atoms with Gasteiger partial charge in [0.05, 0.1) is 12.7 Å². The molecule has 0 unspecified atom stereocenters. The number of hydrogen-bond acceptors (Lipinski definition) is 5. The Morgan fingerprint density at radius 1 is 1.14 bits per heavy atom. The topological polar surface area (TPSA) is 83.7 Å². The van der Waals surface area contributed by atoms with Crippen molar-refractivity contribution in [1.29, 1.82) is 0 Å². The highest BCUT2D eigenvalue weighted by atomic mass is 32.1. The summed E-state index contributed by atoms with van der Waals surface area (Å²) < 4.78 is 10.8. The van der Waals surface area contributed by atoms with Crippen LogP contribution in [-0.2, 0) is 6.61 Å². The van der Waals surface area contributed by atoms with E-state index in [-0.39, 0.29) is 17.6 Å². The van der Waals surface area contributed by atoms with E-state index in [2.05, 4.69) is 10.6 Å². The largest absolute Gasteiger partial charge is 0.496 e. The number of methoxy groups -OCH3 is 1. The van der Waals surface area contributed by atoms with Crippen molar-refractivity contribution in [2.75, 3.05) is 12.4 Å². The van der Waals surface area contributed by atoms with Crippen molar-refractivity contribution in [3.8, 4) is 17.1 Å². The third kappa shape index (κ3) is 4.39. The molecule has 1 heterocycles. The lowest BCUT2D eigenvalue weighted by Gasteiger charge is -2.13. The number of anilines is 1. The van der Waals surface area contributed by atoms with Gasteiger partial charge in [0.1, 0.15) is 23.9 Å². The molecular formula is C21H20N2O4S. The third-order valence-corrected chi connectivity index (χ3v) is 4.34. The van der Waals surface area contributed by atoms with Crippen molar-refractivity contribution in [2.24, 2.45) is 0 Å². The van der Waals surface area contributed by atoms with E-state index < -0.39 is 0 Å². The Morgan fingerprint density at radius 3 is 2.54 bits per heavy atom. The minimum absolute atomic E-state index is 0.140. The van der Waals surface area contributed by atoms with Gasteiger partial charge >= 0.3 is 0 Å². The Bertz CT molecular complexity index is 996. The van der Waals surface area contributed by atoms with Crippen molar-refractivity contribution in [3.63, 3.8) is 0 Å². The number of nitrogens with one attached hydrogen (secondary N) is 2. The molecule has 7 heteroatoms. The molecule has 1 aromatic heterocycles. The molecule has 0 bridgehead atoms. The van der Waals surface area contributed by atoms with Crippen LogP contribution in [0, 0.1) is 6.92 Å². The van der Waals surface area contributed by atoms with E-state index >= 15 is 0 Å². The number of aryl methyl sites for hydroxylation is 1. The molecule has 1 amide bonds. The monoisotopic (exact) mass is 396 g/mol. The fourth-order valence-electron chi connectivity index (χ4n) is 2.77. The van der Waals surface area contributed by atoms with Crippen molar-refractivity contribution >= 4 is 28.9 Å². The van der Waals surface area contributed by atoms with Crippen LogP contribution >= 0.6 is 12.2 Å². The Kier molecular flexibility index (Phi) is 6.08. The predicted octanol–water partition coefficient (Wildman–Crippen LogP) is 3.88. The maximum atomic E-state index is 12.5. The number of amides is 1. The molecule has 0 saturated carbocycles. The number of para-hydroxylation sites is 1. The van der Waals surface area contributed by atoms with Gasteiger partial charge in [0.2, 0.25) is 0 Å². The Morgan fingerprint density at radius 2 is 1.89 bits per heavy atom. The molecule has 6 nitrogen and oxygen atoms in total. The van der Waals surface area contributed by atoms with Crippen LogP contribution in [0.5, 0.6) is 5.75 Å². The molecule has 0 aliphatic heterocycles. The van der Waals surface area contributed by atoms with Gasteiger partial charge in [0, 0.05) is 11.3 Å². The Labute approximate surface area is 168 Å². The van der Waals surface area contributed by atoms with Crippen LogP contribution in [-0.4, -0.2) is 23.2 Å². The van der Waals surface area contributed by atoms with Crippen LogP contribution in [0.25, 0.3) is 11.3 Å². The van der Waals surface area contributed by atoms with Crippen LogP contribution in [0.1, 0.15) is 21.7 Å². The molecule has 3 rings (SSSR count). The van der Waals surface area contributed by atoms with Crippen LogP contribution in [0.4, 0.5) is 5.69 Å². The normalized spacial score (nSPS) is 10.4. The number of carbonyl (C=O) groups is 1. The number of aliphatic hydroxyl groups excluding tert-OH is 1. The minimum Gasteiger partial charge on any atom is -0.496 e. The fourth-order valence-corrected chi connectivity index (χ4v) is 2.98. The lowest BCUT2D eigenvalue weighted by molar-refractivity contribution is 0.0974. The molecule has 0 aliphatic rings. The van der Waals surface area contributed by atoms with E-state index in [0.717, 1.165) is 16.8 Å². The molecule has 0 fully saturated rings. The number of rotatable bonds is 5. The molecule has 0 radical (unpaired) electrons. The van der Waals surface area contributed by atoms with Gasteiger partial charge in [-0.15, -0.1) is 0 Å². The van der Waals surface area contributed by atoms with Crippen LogP contribution in [0.2, 0.25) is 0 Å². The number of carbonyl (C=O) groups excluding carboxylic acids is 1. The van der Waals surface area contributed by atoms with Gasteiger partial charge in [-0.25, -0.2) is 0 Å². The summed E-state index contributed by atoms with van der Waals surface area (Å²) >= 11 is 5.24. The number of thiocarbonyl (C=S) groups is 1. The Hall–Kier alpha value is -3.16. The summed E-state index contributed by atoms with van der Waals surface area (Å²) in [5, 5.41) is 14.9. The number of hydrogen-bond donors (Lipinski definition) is 3. The molecule has 0 spiro atoms. The molecule has 0 atom stereocenters. The second-order valence-electron chi connectivity index (χ2n) is 6.07. The highest BCUT2D eigenvalue weighted by Crippen LogP contribution is 2.24. The molecule has 3 aromatic rings. The van der Waals surface area contributed by atoms with Crippen molar-refractivity contribution in [3.05, 3.63) is 71.5 Å². The summed E-state index contributed by atoms with van der Waals surface area (Å²) in [5.41, 5.74) is 2.87. The lowest BCUT2D eigenvalue weighted by Crippen LogP contribution is -2.34. The van der Waals surface area contributed by atoms with E-state index in [4.69, 9.17) is 26.5 Å².